The number of aromatic amines is 1. The minimum Gasteiger partial charge on any atom is -0.323 e. The molecule has 0 spiro atoms. The predicted molar refractivity (Wildman–Crippen MR) is 83.1 cm³/mol. The minimum atomic E-state index is -3.78. The van der Waals surface area contributed by atoms with E-state index in [2.05, 4.69) is 14.7 Å². The van der Waals surface area contributed by atoms with Crippen molar-refractivity contribution in [1.29, 1.82) is 0 Å². The Morgan fingerprint density at radius 1 is 1.19 bits per heavy atom. The van der Waals surface area contributed by atoms with Gasteiger partial charge in [-0.25, -0.2) is 18.1 Å². The summed E-state index contributed by atoms with van der Waals surface area (Å²) in [5.74, 6) is 0.160. The molecule has 0 fully saturated rings. The lowest BCUT2D eigenvalue weighted by atomic mass is 10.2. The van der Waals surface area contributed by atoms with Crippen LogP contribution in [0.2, 0.25) is 5.02 Å². The zero-order valence-corrected chi connectivity index (χ0v) is 12.7. The maximum Gasteiger partial charge on any atom is 0.265 e. The summed E-state index contributed by atoms with van der Waals surface area (Å²) in [6.45, 7) is 1.84. The van der Waals surface area contributed by atoms with Crippen molar-refractivity contribution >= 4 is 38.6 Å². The van der Waals surface area contributed by atoms with E-state index in [9.17, 15) is 8.42 Å². The summed E-state index contributed by atoms with van der Waals surface area (Å²) in [4.78, 5) is 7.11. The SMILES string of the molecule is Cc1ccc(S(=O)(=O)Nc2nc3ccccc3[nH]2)c(Cl)c1. The Balaban J connectivity index is 1.99. The number of anilines is 1. The van der Waals surface area contributed by atoms with Gasteiger partial charge in [0.15, 0.2) is 0 Å². The molecule has 21 heavy (non-hydrogen) atoms. The summed E-state index contributed by atoms with van der Waals surface area (Å²) in [6, 6.07) is 12.1. The highest BCUT2D eigenvalue weighted by Crippen LogP contribution is 2.24. The Bertz CT molecular complexity index is 886. The summed E-state index contributed by atoms with van der Waals surface area (Å²) < 4.78 is 27.1. The highest BCUT2D eigenvalue weighted by atomic mass is 35.5. The Hall–Kier alpha value is -2.05. The Labute approximate surface area is 127 Å². The standard InChI is InChI=1S/C14H12ClN3O2S/c1-9-6-7-13(10(15)8-9)21(19,20)18-14-16-11-4-2-3-5-12(11)17-14/h2-8H,1H3,(H2,16,17,18). The van der Waals surface area contributed by atoms with E-state index >= 15 is 0 Å². The topological polar surface area (TPSA) is 74.8 Å². The number of benzene rings is 2. The summed E-state index contributed by atoms with van der Waals surface area (Å²) in [7, 11) is -3.78. The van der Waals surface area contributed by atoms with Crippen LogP contribution in [0.3, 0.4) is 0 Å². The van der Waals surface area contributed by atoms with E-state index < -0.39 is 10.0 Å². The number of hydrogen-bond donors (Lipinski definition) is 2. The first-order chi connectivity index (χ1) is 9.95. The number of aryl methyl sites for hydroxylation is 1. The molecule has 0 saturated heterocycles. The van der Waals surface area contributed by atoms with Crippen LogP contribution in [0.15, 0.2) is 47.4 Å². The van der Waals surface area contributed by atoms with Crippen LogP contribution in [-0.2, 0) is 10.0 Å². The molecule has 0 aliphatic carbocycles. The lowest BCUT2D eigenvalue weighted by Crippen LogP contribution is -2.14. The van der Waals surface area contributed by atoms with Gasteiger partial charge >= 0.3 is 0 Å². The molecule has 0 radical (unpaired) electrons. The molecule has 3 aromatic rings. The second-order valence-electron chi connectivity index (χ2n) is 4.64. The lowest BCUT2D eigenvalue weighted by molar-refractivity contribution is 0.601. The second-order valence-corrected chi connectivity index (χ2v) is 6.70. The number of imidazole rings is 1. The zero-order chi connectivity index (χ0) is 15.0. The molecular weight excluding hydrogens is 310 g/mol. The van der Waals surface area contributed by atoms with Gasteiger partial charge in [0.25, 0.3) is 10.0 Å². The van der Waals surface area contributed by atoms with E-state index in [-0.39, 0.29) is 15.9 Å². The largest absolute Gasteiger partial charge is 0.323 e. The van der Waals surface area contributed by atoms with Crippen molar-refractivity contribution in [3.63, 3.8) is 0 Å². The van der Waals surface area contributed by atoms with Gasteiger partial charge in [-0.3, -0.25) is 0 Å². The molecule has 7 heteroatoms. The fourth-order valence-corrected chi connectivity index (χ4v) is 3.57. The number of aromatic nitrogens is 2. The maximum atomic E-state index is 12.4. The normalized spacial score (nSPS) is 11.7. The lowest BCUT2D eigenvalue weighted by Gasteiger charge is -2.07. The number of fused-ring (bicyclic) bond motifs is 1. The summed E-state index contributed by atoms with van der Waals surface area (Å²) in [6.07, 6.45) is 0. The molecule has 0 bridgehead atoms. The van der Waals surface area contributed by atoms with Crippen LogP contribution < -0.4 is 4.72 Å². The van der Waals surface area contributed by atoms with E-state index in [1.165, 1.54) is 6.07 Å². The molecule has 1 aromatic heterocycles. The van der Waals surface area contributed by atoms with Crippen molar-refractivity contribution in [2.45, 2.75) is 11.8 Å². The molecule has 2 N–H and O–H groups in total. The molecule has 0 amide bonds. The first kappa shape index (κ1) is 13.9. The number of nitrogens with zero attached hydrogens (tertiary/aromatic N) is 1. The highest BCUT2D eigenvalue weighted by Gasteiger charge is 2.19. The van der Waals surface area contributed by atoms with Crippen LogP contribution >= 0.6 is 11.6 Å². The fraction of sp³-hybridized carbons (Fsp3) is 0.0714. The van der Waals surface area contributed by atoms with Gasteiger partial charge in [-0.2, -0.15) is 0 Å². The average Bonchev–Trinajstić information content (AvgIpc) is 2.79. The van der Waals surface area contributed by atoms with Crippen LogP contribution in [0.25, 0.3) is 11.0 Å². The van der Waals surface area contributed by atoms with Crippen molar-refractivity contribution in [1.82, 2.24) is 9.97 Å². The maximum absolute atomic E-state index is 12.4. The first-order valence-electron chi connectivity index (χ1n) is 6.19. The Kier molecular flexibility index (Phi) is 3.35. The van der Waals surface area contributed by atoms with E-state index in [1.807, 2.05) is 25.1 Å². The molecule has 0 aliphatic heterocycles. The molecule has 3 rings (SSSR count). The highest BCUT2D eigenvalue weighted by molar-refractivity contribution is 7.92. The molecule has 0 saturated carbocycles. The van der Waals surface area contributed by atoms with Gasteiger partial charge in [0, 0.05) is 0 Å². The minimum absolute atomic E-state index is 0.0234. The Morgan fingerprint density at radius 3 is 2.67 bits per heavy atom. The number of hydrogen-bond acceptors (Lipinski definition) is 3. The number of rotatable bonds is 3. The molecule has 1 heterocycles. The van der Waals surface area contributed by atoms with Crippen molar-refractivity contribution < 1.29 is 8.42 Å². The molecule has 5 nitrogen and oxygen atoms in total. The number of para-hydroxylation sites is 2. The van der Waals surface area contributed by atoms with Gasteiger partial charge in [-0.15, -0.1) is 0 Å². The van der Waals surface area contributed by atoms with Gasteiger partial charge in [0.05, 0.1) is 16.1 Å². The predicted octanol–water partition coefficient (Wildman–Crippen LogP) is 3.33. The van der Waals surface area contributed by atoms with Crippen molar-refractivity contribution in [3.8, 4) is 0 Å². The third-order valence-corrected chi connectivity index (χ3v) is 4.82. The summed E-state index contributed by atoms with van der Waals surface area (Å²) in [5.41, 5.74) is 2.33. The Morgan fingerprint density at radius 2 is 1.95 bits per heavy atom. The van der Waals surface area contributed by atoms with Gasteiger partial charge in [-0.1, -0.05) is 29.8 Å². The van der Waals surface area contributed by atoms with Crippen LogP contribution in [0.5, 0.6) is 0 Å². The van der Waals surface area contributed by atoms with Gasteiger partial charge < -0.3 is 4.98 Å². The first-order valence-corrected chi connectivity index (χ1v) is 8.05. The van der Waals surface area contributed by atoms with E-state index in [4.69, 9.17) is 11.6 Å². The zero-order valence-electron chi connectivity index (χ0n) is 11.1. The van der Waals surface area contributed by atoms with E-state index in [1.54, 1.807) is 18.2 Å². The third kappa shape index (κ3) is 2.72. The van der Waals surface area contributed by atoms with Crippen LogP contribution in [0, 0.1) is 6.92 Å². The second kappa shape index (κ2) is 5.05. The smallest absolute Gasteiger partial charge is 0.265 e. The van der Waals surface area contributed by atoms with Gasteiger partial charge in [0.1, 0.15) is 4.90 Å². The molecule has 0 unspecified atom stereocenters. The number of nitrogens with one attached hydrogen (secondary N) is 2. The van der Waals surface area contributed by atoms with E-state index in [0.717, 1.165) is 11.1 Å². The average molecular weight is 322 g/mol. The summed E-state index contributed by atoms with van der Waals surface area (Å²) in [5, 5.41) is 0.179. The monoisotopic (exact) mass is 321 g/mol. The quantitative estimate of drug-likeness (QED) is 0.777. The number of H-pyrrole nitrogens is 1. The molecular formula is C14H12ClN3O2S. The van der Waals surface area contributed by atoms with Gasteiger partial charge in [0.2, 0.25) is 5.95 Å². The fourth-order valence-electron chi connectivity index (χ4n) is 2.01. The molecule has 2 aromatic carbocycles. The number of sulfonamides is 1. The van der Waals surface area contributed by atoms with Crippen molar-refractivity contribution in [2.75, 3.05) is 4.72 Å². The van der Waals surface area contributed by atoms with Crippen molar-refractivity contribution in [3.05, 3.63) is 53.1 Å². The molecule has 108 valence electrons. The van der Waals surface area contributed by atoms with Crippen LogP contribution in [-0.4, -0.2) is 18.4 Å². The van der Waals surface area contributed by atoms with Crippen molar-refractivity contribution in [2.24, 2.45) is 0 Å². The third-order valence-electron chi connectivity index (χ3n) is 3.00. The van der Waals surface area contributed by atoms with E-state index in [0.29, 0.717) is 5.52 Å². The summed E-state index contributed by atoms with van der Waals surface area (Å²) >= 11 is 6.01. The number of halogens is 1. The molecule has 0 atom stereocenters. The van der Waals surface area contributed by atoms with Crippen LogP contribution in [0.4, 0.5) is 5.95 Å². The molecule has 0 aliphatic rings. The van der Waals surface area contributed by atoms with Crippen LogP contribution in [0.1, 0.15) is 5.56 Å². The van der Waals surface area contributed by atoms with Gasteiger partial charge in [-0.05, 0) is 36.8 Å².